The molecule has 31 heavy (non-hydrogen) atoms. The summed E-state index contributed by atoms with van der Waals surface area (Å²) in [5.41, 5.74) is 1.14. The van der Waals surface area contributed by atoms with E-state index in [4.69, 9.17) is 4.78 Å². The summed E-state index contributed by atoms with van der Waals surface area (Å²) in [6.07, 6.45) is 2.71. The highest BCUT2D eigenvalue weighted by atomic mass is 32.2. The van der Waals surface area contributed by atoms with Crippen LogP contribution in [0.3, 0.4) is 0 Å². The second-order valence-corrected chi connectivity index (χ2v) is 10.7. The fraction of sp³-hybridized carbons (Fsp3) is 0.500. The molecule has 0 aromatic carbocycles. The Bertz CT molecular complexity index is 1200. The van der Waals surface area contributed by atoms with Gasteiger partial charge in [-0.15, -0.1) is 0 Å². The minimum Gasteiger partial charge on any atom is -0.353 e. The van der Waals surface area contributed by atoms with Gasteiger partial charge < -0.3 is 4.90 Å². The Labute approximate surface area is 179 Å². The van der Waals surface area contributed by atoms with Gasteiger partial charge in [-0.2, -0.15) is 5.10 Å². The highest BCUT2D eigenvalue weighted by Crippen LogP contribution is 2.33. The largest absolute Gasteiger partial charge is 0.353 e. The van der Waals surface area contributed by atoms with E-state index in [-0.39, 0.29) is 17.7 Å². The second kappa shape index (κ2) is 8.10. The Hall–Kier alpha value is -2.69. The van der Waals surface area contributed by atoms with E-state index in [1.165, 1.54) is 29.2 Å². The number of hydrogen-bond donors (Lipinski definition) is 1. The van der Waals surface area contributed by atoms with E-state index >= 15 is 0 Å². The van der Waals surface area contributed by atoms with Crippen LogP contribution >= 0.6 is 0 Å². The lowest BCUT2D eigenvalue weighted by atomic mass is 9.86. The zero-order valence-electron chi connectivity index (χ0n) is 17.6. The molecule has 0 aliphatic carbocycles. The third-order valence-electron chi connectivity index (χ3n) is 5.74. The van der Waals surface area contributed by atoms with E-state index in [2.05, 4.69) is 38.8 Å². The maximum atomic E-state index is 13.1. The molecule has 3 aromatic heterocycles. The van der Waals surface area contributed by atoms with Crippen molar-refractivity contribution < 1.29 is 13.0 Å². The van der Waals surface area contributed by atoms with Crippen LogP contribution in [0.25, 0.3) is 17.0 Å². The molecule has 1 aliphatic rings. The molecule has 0 bridgehead atoms. The number of halogens is 2. The number of nitrogens with one attached hydrogen (secondary N) is 1. The Morgan fingerprint density at radius 1 is 1.26 bits per heavy atom. The smallest absolute Gasteiger partial charge is 0.282 e. The molecule has 0 spiro atoms. The lowest BCUT2D eigenvalue weighted by Gasteiger charge is -2.43. The number of piperidine rings is 1. The summed E-state index contributed by atoms with van der Waals surface area (Å²) < 4.78 is 47.6. The molecular formula is C20H25F2N7OS. The van der Waals surface area contributed by atoms with E-state index in [1.807, 2.05) is 0 Å². The van der Waals surface area contributed by atoms with Gasteiger partial charge in [0.05, 0.1) is 11.9 Å². The third-order valence-corrected chi connectivity index (χ3v) is 6.80. The van der Waals surface area contributed by atoms with Gasteiger partial charge in [0.1, 0.15) is 23.5 Å². The summed E-state index contributed by atoms with van der Waals surface area (Å²) in [6, 6.07) is 4.62. The van der Waals surface area contributed by atoms with Crippen molar-refractivity contribution in [3.05, 3.63) is 36.4 Å². The molecule has 0 amide bonds. The van der Waals surface area contributed by atoms with Crippen molar-refractivity contribution in [1.82, 2.24) is 24.6 Å². The minimum atomic E-state index is -2.68. The summed E-state index contributed by atoms with van der Waals surface area (Å²) in [5, 5.41) is 4.01. The summed E-state index contributed by atoms with van der Waals surface area (Å²) in [7, 11) is -2.61. The van der Waals surface area contributed by atoms with Crippen LogP contribution in [0, 0.1) is 16.6 Å². The van der Waals surface area contributed by atoms with Crippen molar-refractivity contribution in [2.75, 3.05) is 23.5 Å². The molecule has 166 valence electrons. The number of alkyl halides is 2. The molecule has 4 rings (SSSR count). The van der Waals surface area contributed by atoms with Crippen LogP contribution in [0.2, 0.25) is 0 Å². The molecule has 1 N–H and O–H groups in total. The number of rotatable bonds is 5. The maximum absolute atomic E-state index is 13.1. The molecule has 4 heterocycles. The van der Waals surface area contributed by atoms with Gasteiger partial charge >= 0.3 is 0 Å². The van der Waals surface area contributed by atoms with Crippen molar-refractivity contribution >= 4 is 21.2 Å². The van der Waals surface area contributed by atoms with Crippen LogP contribution in [0.5, 0.6) is 0 Å². The zero-order chi connectivity index (χ0) is 22.3. The predicted octanol–water partition coefficient (Wildman–Crippen LogP) is 3.65. The van der Waals surface area contributed by atoms with Crippen LogP contribution in [-0.4, -0.2) is 53.4 Å². The van der Waals surface area contributed by atoms with Gasteiger partial charge in [0.25, 0.3) is 6.43 Å². The van der Waals surface area contributed by atoms with Gasteiger partial charge in [0, 0.05) is 40.4 Å². The molecular weight excluding hydrogens is 424 g/mol. The van der Waals surface area contributed by atoms with Crippen LogP contribution in [0.4, 0.5) is 14.6 Å². The van der Waals surface area contributed by atoms with Gasteiger partial charge in [-0.05, 0) is 37.3 Å². The molecule has 1 fully saturated rings. The summed E-state index contributed by atoms with van der Waals surface area (Å²) >= 11 is 0. The average molecular weight is 450 g/mol. The topological polar surface area (TPSA) is 100 Å². The molecule has 1 saturated heterocycles. The number of aromatic nitrogens is 5. The van der Waals surface area contributed by atoms with Gasteiger partial charge in [-0.25, -0.2) is 28.2 Å². The summed E-state index contributed by atoms with van der Waals surface area (Å²) in [6.45, 7) is 4.97. The third kappa shape index (κ3) is 4.51. The van der Waals surface area contributed by atoms with Crippen molar-refractivity contribution in [1.29, 1.82) is 4.78 Å². The molecule has 4 atom stereocenters. The van der Waals surface area contributed by atoms with Crippen molar-refractivity contribution in [2.24, 2.45) is 11.8 Å². The number of fused-ring (bicyclic) bond motifs is 1. The first-order valence-corrected chi connectivity index (χ1v) is 12.2. The second-order valence-electron chi connectivity index (χ2n) is 8.40. The predicted molar refractivity (Wildman–Crippen MR) is 115 cm³/mol. The van der Waals surface area contributed by atoms with Gasteiger partial charge in [0.2, 0.25) is 0 Å². The highest BCUT2D eigenvalue weighted by molar-refractivity contribution is 7.91. The molecule has 3 aromatic rings. The van der Waals surface area contributed by atoms with Gasteiger partial charge in [-0.3, -0.25) is 8.99 Å². The van der Waals surface area contributed by atoms with Crippen molar-refractivity contribution in [3.8, 4) is 11.4 Å². The number of nitrogens with zero attached hydrogens (tertiary/aromatic N) is 6. The van der Waals surface area contributed by atoms with Crippen LogP contribution in [0.1, 0.15) is 32.4 Å². The van der Waals surface area contributed by atoms with Gasteiger partial charge in [0.15, 0.2) is 5.65 Å². The minimum absolute atomic E-state index is 0.0517. The highest BCUT2D eigenvalue weighted by Gasteiger charge is 2.34. The number of imidazole rings is 1. The lowest BCUT2D eigenvalue weighted by Crippen LogP contribution is -2.49. The van der Waals surface area contributed by atoms with E-state index in [9.17, 15) is 13.0 Å². The van der Waals surface area contributed by atoms with Crippen molar-refractivity contribution in [3.63, 3.8) is 0 Å². The van der Waals surface area contributed by atoms with Crippen LogP contribution < -0.4 is 4.90 Å². The average Bonchev–Trinajstić information content (AvgIpc) is 3.12. The molecule has 0 radical (unpaired) electrons. The Morgan fingerprint density at radius 2 is 2.03 bits per heavy atom. The summed E-state index contributed by atoms with van der Waals surface area (Å²) in [5.74, 6) is 1.51. The molecule has 0 saturated carbocycles. The molecule has 8 nitrogen and oxygen atoms in total. The Kier molecular flexibility index (Phi) is 5.63. The van der Waals surface area contributed by atoms with E-state index < -0.39 is 16.2 Å². The molecule has 1 unspecified atom stereocenters. The fourth-order valence-corrected chi connectivity index (χ4v) is 5.52. The van der Waals surface area contributed by atoms with E-state index in [0.717, 1.165) is 13.0 Å². The standard InChI is InChI=1S/C20H25F2N7OS/c1-12-6-14(10-31(3,23)30)13(2)28(9-12)19-7-16(25-11-26-19)17-8-24-18-5-4-15(20(21)22)27-29(17)18/h4-5,7-8,11-14,20,23H,6,9-10H2,1-3H3/t12-,13+,14-,31?/m0/s1. The molecule has 11 heteroatoms. The fourth-order valence-electron chi connectivity index (χ4n) is 4.29. The quantitative estimate of drug-likeness (QED) is 0.638. The van der Waals surface area contributed by atoms with Gasteiger partial charge in [-0.1, -0.05) is 6.92 Å². The lowest BCUT2D eigenvalue weighted by molar-refractivity contribution is 0.144. The Morgan fingerprint density at radius 3 is 2.74 bits per heavy atom. The van der Waals surface area contributed by atoms with Crippen LogP contribution in [-0.2, 0) is 9.73 Å². The number of hydrogen-bond acceptors (Lipinski definition) is 7. The van der Waals surface area contributed by atoms with Crippen LogP contribution in [0.15, 0.2) is 30.7 Å². The van der Waals surface area contributed by atoms with Crippen molar-refractivity contribution in [2.45, 2.75) is 32.7 Å². The first-order valence-electron chi connectivity index (χ1n) is 10.1. The van der Waals surface area contributed by atoms with E-state index in [1.54, 1.807) is 12.3 Å². The normalized spacial score (nSPS) is 23.9. The van der Waals surface area contributed by atoms with E-state index in [0.29, 0.717) is 34.5 Å². The SMILES string of the molecule is C[C@H]1C[C@@H](CS(C)(=N)=O)[C@@H](C)N(c2cc(-c3cnc4ccc(C(F)F)nn34)ncn2)C1. The monoisotopic (exact) mass is 449 g/mol. The zero-order valence-corrected chi connectivity index (χ0v) is 18.4. The summed E-state index contributed by atoms with van der Waals surface area (Å²) in [4.78, 5) is 15.2. The molecule has 1 aliphatic heterocycles. The Balaban J connectivity index is 1.70. The number of anilines is 1. The first kappa shape index (κ1) is 21.5. The first-order chi connectivity index (χ1) is 14.6. The maximum Gasteiger partial charge on any atom is 0.282 e.